The summed E-state index contributed by atoms with van der Waals surface area (Å²) in [6.07, 6.45) is 1.69. The first-order valence-corrected chi connectivity index (χ1v) is 6.76. The summed E-state index contributed by atoms with van der Waals surface area (Å²) in [5.74, 6) is 0.0560. The topological polar surface area (TPSA) is 82.5 Å². The second-order valence-electron chi connectivity index (χ2n) is 4.43. The zero-order valence-electron chi connectivity index (χ0n) is 12.2. The van der Waals surface area contributed by atoms with Crippen molar-refractivity contribution < 1.29 is 14.4 Å². The number of anilines is 1. The van der Waals surface area contributed by atoms with Gasteiger partial charge in [-0.2, -0.15) is 4.98 Å². The van der Waals surface area contributed by atoms with Gasteiger partial charge in [-0.15, -0.1) is 4.73 Å². The Balaban J connectivity index is 1.89. The molecule has 22 heavy (non-hydrogen) atoms. The SMILES string of the molecule is COC(=O)CCNc1ccn(OCc2ccccc2)c(=O)n1. The molecule has 0 saturated carbocycles. The quantitative estimate of drug-likeness (QED) is 0.764. The van der Waals surface area contributed by atoms with Crippen LogP contribution in [-0.4, -0.2) is 29.3 Å². The Morgan fingerprint density at radius 1 is 1.27 bits per heavy atom. The molecular formula is C15H17N3O4. The summed E-state index contributed by atoms with van der Waals surface area (Å²) in [5, 5.41) is 2.87. The number of aromatic nitrogens is 2. The molecule has 2 rings (SSSR count). The maximum Gasteiger partial charge on any atom is 0.382 e. The van der Waals surface area contributed by atoms with Crippen LogP contribution in [0.25, 0.3) is 0 Å². The highest BCUT2D eigenvalue weighted by Gasteiger charge is 2.03. The number of rotatable bonds is 7. The van der Waals surface area contributed by atoms with Gasteiger partial charge in [0, 0.05) is 12.6 Å². The zero-order valence-corrected chi connectivity index (χ0v) is 12.2. The lowest BCUT2D eigenvalue weighted by atomic mass is 10.2. The Morgan fingerprint density at radius 2 is 2.05 bits per heavy atom. The standard InChI is InChI=1S/C15H17N3O4/c1-21-14(19)7-9-16-13-8-10-18(15(20)17-13)22-11-12-5-3-2-4-6-12/h2-6,8,10H,7,9,11H2,1H3,(H,16,17,20). The van der Waals surface area contributed by atoms with Crippen LogP contribution in [0.2, 0.25) is 0 Å². The lowest BCUT2D eigenvalue weighted by Gasteiger charge is -2.09. The van der Waals surface area contributed by atoms with E-state index in [0.29, 0.717) is 12.4 Å². The summed E-state index contributed by atoms with van der Waals surface area (Å²) in [6, 6.07) is 11.1. The largest absolute Gasteiger partial charge is 0.469 e. The van der Waals surface area contributed by atoms with Crippen LogP contribution in [0.15, 0.2) is 47.4 Å². The predicted molar refractivity (Wildman–Crippen MR) is 80.3 cm³/mol. The van der Waals surface area contributed by atoms with Gasteiger partial charge in [0.25, 0.3) is 0 Å². The monoisotopic (exact) mass is 303 g/mol. The van der Waals surface area contributed by atoms with Crippen molar-refractivity contribution in [2.75, 3.05) is 19.0 Å². The number of esters is 1. The van der Waals surface area contributed by atoms with Crippen LogP contribution < -0.4 is 15.8 Å². The van der Waals surface area contributed by atoms with E-state index in [-0.39, 0.29) is 19.0 Å². The highest BCUT2D eigenvalue weighted by atomic mass is 16.7. The van der Waals surface area contributed by atoms with E-state index in [4.69, 9.17) is 4.84 Å². The van der Waals surface area contributed by atoms with Crippen molar-refractivity contribution in [2.24, 2.45) is 0 Å². The van der Waals surface area contributed by atoms with Gasteiger partial charge in [0.05, 0.1) is 19.7 Å². The number of hydrogen-bond donors (Lipinski definition) is 1. The molecule has 1 aromatic carbocycles. The fourth-order valence-corrected chi connectivity index (χ4v) is 1.70. The average Bonchev–Trinajstić information content (AvgIpc) is 2.55. The van der Waals surface area contributed by atoms with E-state index in [1.54, 1.807) is 6.07 Å². The number of nitrogens with one attached hydrogen (secondary N) is 1. The minimum atomic E-state index is -0.529. The Kier molecular flexibility index (Phi) is 5.53. The molecule has 0 aliphatic rings. The maximum absolute atomic E-state index is 11.8. The molecule has 7 nitrogen and oxygen atoms in total. The number of methoxy groups -OCH3 is 1. The normalized spacial score (nSPS) is 10.0. The lowest BCUT2D eigenvalue weighted by molar-refractivity contribution is -0.140. The van der Waals surface area contributed by atoms with E-state index in [1.807, 2.05) is 30.3 Å². The molecule has 0 unspecified atom stereocenters. The van der Waals surface area contributed by atoms with Crippen molar-refractivity contribution in [1.82, 2.24) is 9.71 Å². The van der Waals surface area contributed by atoms with Crippen molar-refractivity contribution in [1.29, 1.82) is 0 Å². The van der Waals surface area contributed by atoms with Gasteiger partial charge in [-0.1, -0.05) is 30.3 Å². The first-order valence-electron chi connectivity index (χ1n) is 6.76. The minimum absolute atomic E-state index is 0.200. The van der Waals surface area contributed by atoms with Gasteiger partial charge in [0.1, 0.15) is 12.4 Å². The molecule has 1 aromatic heterocycles. The van der Waals surface area contributed by atoms with Crippen LogP contribution in [0.3, 0.4) is 0 Å². The van der Waals surface area contributed by atoms with E-state index < -0.39 is 5.69 Å². The number of ether oxygens (including phenoxy) is 1. The number of nitrogens with zero attached hydrogens (tertiary/aromatic N) is 2. The van der Waals surface area contributed by atoms with Gasteiger partial charge in [-0.25, -0.2) is 4.79 Å². The van der Waals surface area contributed by atoms with Crippen LogP contribution >= 0.6 is 0 Å². The van der Waals surface area contributed by atoms with E-state index in [2.05, 4.69) is 15.0 Å². The summed E-state index contributed by atoms with van der Waals surface area (Å²) < 4.78 is 5.59. The summed E-state index contributed by atoms with van der Waals surface area (Å²) in [4.78, 5) is 32.0. The van der Waals surface area contributed by atoms with Crippen molar-refractivity contribution in [2.45, 2.75) is 13.0 Å². The first kappa shape index (κ1) is 15.6. The van der Waals surface area contributed by atoms with Gasteiger partial charge in [-0.05, 0) is 5.56 Å². The second kappa shape index (κ2) is 7.82. The van der Waals surface area contributed by atoms with Crippen LogP contribution in [0.4, 0.5) is 5.82 Å². The highest BCUT2D eigenvalue weighted by molar-refractivity contribution is 5.69. The number of benzene rings is 1. The molecule has 0 spiro atoms. The average molecular weight is 303 g/mol. The fourth-order valence-electron chi connectivity index (χ4n) is 1.70. The summed E-state index contributed by atoms with van der Waals surface area (Å²) in [7, 11) is 1.33. The van der Waals surface area contributed by atoms with Crippen LogP contribution in [0.5, 0.6) is 0 Å². The molecule has 0 aliphatic heterocycles. The van der Waals surface area contributed by atoms with Gasteiger partial charge >= 0.3 is 11.7 Å². The summed E-state index contributed by atoms with van der Waals surface area (Å²) in [6.45, 7) is 0.617. The van der Waals surface area contributed by atoms with Gasteiger partial charge in [-0.3, -0.25) is 4.79 Å². The number of carbonyl (C=O) groups is 1. The summed E-state index contributed by atoms with van der Waals surface area (Å²) >= 11 is 0. The van der Waals surface area contributed by atoms with E-state index in [1.165, 1.54) is 13.3 Å². The molecule has 0 bridgehead atoms. The third-order valence-electron chi connectivity index (χ3n) is 2.85. The van der Waals surface area contributed by atoms with Crippen molar-refractivity contribution in [3.63, 3.8) is 0 Å². The molecule has 0 aliphatic carbocycles. The number of carbonyl (C=O) groups excluding carboxylic acids is 1. The Labute approximate surface area is 127 Å². The van der Waals surface area contributed by atoms with Crippen LogP contribution in [-0.2, 0) is 16.1 Å². The molecular weight excluding hydrogens is 286 g/mol. The highest BCUT2D eigenvalue weighted by Crippen LogP contribution is 2.00. The molecule has 0 atom stereocenters. The molecule has 0 amide bonds. The third kappa shape index (κ3) is 4.62. The van der Waals surface area contributed by atoms with Crippen molar-refractivity contribution in [3.8, 4) is 0 Å². The maximum atomic E-state index is 11.8. The smallest absolute Gasteiger partial charge is 0.382 e. The molecule has 0 fully saturated rings. The number of hydrogen-bond acceptors (Lipinski definition) is 6. The second-order valence-corrected chi connectivity index (χ2v) is 4.43. The van der Waals surface area contributed by atoms with Gasteiger partial charge < -0.3 is 14.9 Å². The van der Waals surface area contributed by atoms with Crippen LogP contribution in [0.1, 0.15) is 12.0 Å². The molecule has 0 saturated heterocycles. The van der Waals surface area contributed by atoms with Crippen molar-refractivity contribution in [3.05, 3.63) is 58.6 Å². The van der Waals surface area contributed by atoms with Crippen molar-refractivity contribution >= 4 is 11.8 Å². The zero-order chi connectivity index (χ0) is 15.8. The van der Waals surface area contributed by atoms with Gasteiger partial charge in [0.15, 0.2) is 0 Å². The van der Waals surface area contributed by atoms with E-state index in [0.717, 1.165) is 10.3 Å². The minimum Gasteiger partial charge on any atom is -0.469 e. The Morgan fingerprint density at radius 3 is 2.73 bits per heavy atom. The van der Waals surface area contributed by atoms with E-state index >= 15 is 0 Å². The molecule has 1 N–H and O–H groups in total. The van der Waals surface area contributed by atoms with Gasteiger partial charge in [0.2, 0.25) is 0 Å². The third-order valence-corrected chi connectivity index (χ3v) is 2.85. The molecule has 116 valence electrons. The molecule has 2 aromatic rings. The Bertz CT molecular complexity index is 670. The molecule has 1 heterocycles. The van der Waals surface area contributed by atoms with Crippen LogP contribution in [0, 0.1) is 0 Å². The predicted octanol–water partition coefficient (Wildman–Crippen LogP) is 0.847. The molecule has 0 radical (unpaired) electrons. The lowest BCUT2D eigenvalue weighted by Crippen LogP contribution is -2.29. The summed E-state index contributed by atoms with van der Waals surface area (Å²) in [5.41, 5.74) is 0.425. The first-order chi connectivity index (χ1) is 10.7. The fraction of sp³-hybridized carbons (Fsp3) is 0.267. The molecule has 7 heteroatoms. The Hall–Kier alpha value is -2.83. The van der Waals surface area contributed by atoms with E-state index in [9.17, 15) is 9.59 Å².